The van der Waals surface area contributed by atoms with Gasteiger partial charge in [-0.1, -0.05) is 6.92 Å². The van der Waals surface area contributed by atoms with Crippen LogP contribution in [-0.2, 0) is 11.3 Å². The van der Waals surface area contributed by atoms with Gasteiger partial charge in [-0.15, -0.1) is 0 Å². The molecule has 0 N–H and O–H groups in total. The van der Waals surface area contributed by atoms with E-state index in [1.807, 2.05) is 30.7 Å². The lowest BCUT2D eigenvalue weighted by atomic mass is 9.94. The first-order chi connectivity index (χ1) is 13.7. The van der Waals surface area contributed by atoms with Gasteiger partial charge >= 0.3 is 0 Å². The summed E-state index contributed by atoms with van der Waals surface area (Å²) in [6.45, 7) is 7.82. The first-order valence-electron chi connectivity index (χ1n) is 10.6. The zero-order valence-electron chi connectivity index (χ0n) is 16.8. The van der Waals surface area contributed by atoms with Crippen LogP contribution in [0.4, 0.5) is 0 Å². The number of pyridine rings is 1. The van der Waals surface area contributed by atoms with Crippen molar-refractivity contribution in [1.82, 2.24) is 24.3 Å². The molecule has 2 aliphatic rings. The summed E-state index contributed by atoms with van der Waals surface area (Å²) in [6, 6.07) is 4.10. The van der Waals surface area contributed by atoms with Crippen LogP contribution in [0.2, 0.25) is 0 Å². The van der Waals surface area contributed by atoms with E-state index in [-0.39, 0.29) is 5.92 Å². The van der Waals surface area contributed by atoms with Gasteiger partial charge in [-0.05, 0) is 56.5 Å². The van der Waals surface area contributed by atoms with Crippen LogP contribution in [0.1, 0.15) is 49.9 Å². The molecular weight excluding hydrogens is 350 g/mol. The zero-order chi connectivity index (χ0) is 19.3. The highest BCUT2D eigenvalue weighted by Gasteiger charge is 2.29. The van der Waals surface area contributed by atoms with Crippen molar-refractivity contribution in [3.63, 3.8) is 0 Å². The van der Waals surface area contributed by atoms with Crippen LogP contribution in [-0.4, -0.2) is 63.0 Å². The Morgan fingerprint density at radius 3 is 2.54 bits per heavy atom. The first kappa shape index (κ1) is 19.1. The largest absolute Gasteiger partial charge is 0.342 e. The SMILES string of the molecule is C[C@@H](CN1CCCC1)C(=O)N1CCC(c2nccn2Cc2ccncc2)CC1. The summed E-state index contributed by atoms with van der Waals surface area (Å²) >= 11 is 0. The number of nitrogens with zero attached hydrogens (tertiary/aromatic N) is 5. The summed E-state index contributed by atoms with van der Waals surface area (Å²) in [7, 11) is 0. The van der Waals surface area contributed by atoms with E-state index in [1.165, 1.54) is 18.4 Å². The van der Waals surface area contributed by atoms with E-state index in [4.69, 9.17) is 0 Å². The molecule has 1 amide bonds. The van der Waals surface area contributed by atoms with Crippen LogP contribution in [0, 0.1) is 5.92 Å². The van der Waals surface area contributed by atoms with E-state index in [2.05, 4.69) is 37.5 Å². The fraction of sp³-hybridized carbons (Fsp3) is 0.591. The van der Waals surface area contributed by atoms with E-state index in [0.29, 0.717) is 11.8 Å². The van der Waals surface area contributed by atoms with Gasteiger partial charge in [0.25, 0.3) is 0 Å². The van der Waals surface area contributed by atoms with Gasteiger partial charge in [0.1, 0.15) is 5.82 Å². The van der Waals surface area contributed by atoms with Crippen molar-refractivity contribution in [2.75, 3.05) is 32.7 Å². The van der Waals surface area contributed by atoms with Crippen LogP contribution in [0.5, 0.6) is 0 Å². The van der Waals surface area contributed by atoms with E-state index < -0.39 is 0 Å². The Balaban J connectivity index is 1.32. The normalized spacial score (nSPS) is 19.8. The average Bonchev–Trinajstić information content (AvgIpc) is 3.40. The molecule has 150 valence electrons. The van der Waals surface area contributed by atoms with Crippen molar-refractivity contribution in [2.24, 2.45) is 5.92 Å². The molecule has 2 aromatic rings. The Morgan fingerprint density at radius 1 is 1.11 bits per heavy atom. The molecule has 0 spiro atoms. The summed E-state index contributed by atoms with van der Waals surface area (Å²) < 4.78 is 2.24. The molecule has 0 saturated carbocycles. The molecule has 1 atom stereocenters. The molecule has 28 heavy (non-hydrogen) atoms. The van der Waals surface area contributed by atoms with Crippen molar-refractivity contribution >= 4 is 5.91 Å². The average molecular weight is 382 g/mol. The van der Waals surface area contributed by atoms with Crippen LogP contribution in [0.15, 0.2) is 36.9 Å². The minimum atomic E-state index is 0.100. The van der Waals surface area contributed by atoms with E-state index in [0.717, 1.165) is 57.9 Å². The highest BCUT2D eigenvalue weighted by molar-refractivity contribution is 5.78. The number of likely N-dealkylation sites (tertiary alicyclic amines) is 2. The minimum absolute atomic E-state index is 0.100. The third-order valence-electron chi connectivity index (χ3n) is 6.17. The molecule has 2 aromatic heterocycles. The molecule has 2 saturated heterocycles. The van der Waals surface area contributed by atoms with Crippen molar-refractivity contribution in [2.45, 2.75) is 45.1 Å². The topological polar surface area (TPSA) is 54.3 Å². The van der Waals surface area contributed by atoms with Crippen molar-refractivity contribution in [1.29, 1.82) is 0 Å². The minimum Gasteiger partial charge on any atom is -0.342 e. The summed E-state index contributed by atoms with van der Waals surface area (Å²) in [5, 5.41) is 0. The lowest BCUT2D eigenvalue weighted by molar-refractivity contribution is -0.136. The van der Waals surface area contributed by atoms with Crippen LogP contribution in [0.3, 0.4) is 0 Å². The Labute approximate surface area is 167 Å². The highest BCUT2D eigenvalue weighted by atomic mass is 16.2. The number of piperidine rings is 1. The molecular formula is C22H31N5O. The third kappa shape index (κ3) is 4.43. The second kappa shape index (κ2) is 8.86. The fourth-order valence-electron chi connectivity index (χ4n) is 4.60. The molecule has 4 rings (SSSR count). The third-order valence-corrected chi connectivity index (χ3v) is 6.17. The quantitative estimate of drug-likeness (QED) is 0.772. The Hall–Kier alpha value is -2.21. The van der Waals surface area contributed by atoms with Gasteiger partial charge in [0.2, 0.25) is 5.91 Å². The molecule has 6 heteroatoms. The van der Waals surface area contributed by atoms with Gasteiger partial charge in [-0.2, -0.15) is 0 Å². The molecule has 0 bridgehead atoms. The second-order valence-corrected chi connectivity index (χ2v) is 8.28. The van der Waals surface area contributed by atoms with Gasteiger partial charge < -0.3 is 14.4 Å². The number of carbonyl (C=O) groups is 1. The summed E-state index contributed by atoms with van der Waals surface area (Å²) in [4.78, 5) is 26.1. The maximum Gasteiger partial charge on any atom is 0.226 e. The number of hydrogen-bond acceptors (Lipinski definition) is 4. The van der Waals surface area contributed by atoms with E-state index in [9.17, 15) is 4.79 Å². The highest BCUT2D eigenvalue weighted by Crippen LogP contribution is 2.28. The van der Waals surface area contributed by atoms with Crippen LogP contribution >= 0.6 is 0 Å². The lowest BCUT2D eigenvalue weighted by Gasteiger charge is -2.34. The zero-order valence-corrected chi connectivity index (χ0v) is 16.8. The van der Waals surface area contributed by atoms with E-state index in [1.54, 1.807) is 0 Å². The molecule has 2 fully saturated rings. The Bertz CT molecular complexity index is 760. The second-order valence-electron chi connectivity index (χ2n) is 8.28. The fourth-order valence-corrected chi connectivity index (χ4v) is 4.60. The first-order valence-corrected chi connectivity index (χ1v) is 10.6. The Kier molecular flexibility index (Phi) is 6.05. The molecule has 0 aromatic carbocycles. The van der Waals surface area contributed by atoms with Gasteiger partial charge in [0, 0.05) is 62.8 Å². The number of amides is 1. The molecule has 4 heterocycles. The number of imidazole rings is 1. The molecule has 0 unspecified atom stereocenters. The number of carbonyl (C=O) groups excluding carboxylic acids is 1. The predicted molar refractivity (Wildman–Crippen MR) is 109 cm³/mol. The summed E-state index contributed by atoms with van der Waals surface area (Å²) in [5.41, 5.74) is 1.23. The van der Waals surface area contributed by atoms with Gasteiger partial charge in [-0.25, -0.2) is 4.98 Å². The van der Waals surface area contributed by atoms with Crippen LogP contribution < -0.4 is 0 Å². The molecule has 0 aliphatic carbocycles. The summed E-state index contributed by atoms with van der Waals surface area (Å²) in [6.07, 6.45) is 12.2. The molecule has 2 aliphatic heterocycles. The number of aromatic nitrogens is 3. The van der Waals surface area contributed by atoms with Crippen molar-refractivity contribution in [3.8, 4) is 0 Å². The molecule has 0 radical (unpaired) electrons. The number of rotatable bonds is 6. The maximum absolute atomic E-state index is 12.9. The van der Waals surface area contributed by atoms with Gasteiger partial charge in [0.05, 0.1) is 0 Å². The lowest BCUT2D eigenvalue weighted by Crippen LogP contribution is -2.43. The maximum atomic E-state index is 12.9. The standard InChI is InChI=1S/C22H31N5O/c1-18(16-25-11-2-3-12-25)22(28)26-13-6-20(7-14-26)21-24-10-15-27(21)17-19-4-8-23-9-5-19/h4-5,8-10,15,18,20H,2-3,6-7,11-14,16-17H2,1H3/t18-/m0/s1. The monoisotopic (exact) mass is 381 g/mol. The van der Waals surface area contributed by atoms with Gasteiger partial charge in [-0.3, -0.25) is 9.78 Å². The van der Waals surface area contributed by atoms with Crippen molar-refractivity contribution in [3.05, 3.63) is 48.3 Å². The van der Waals surface area contributed by atoms with Crippen molar-refractivity contribution < 1.29 is 4.79 Å². The predicted octanol–water partition coefficient (Wildman–Crippen LogP) is 2.76. The molecule has 6 nitrogen and oxygen atoms in total. The smallest absolute Gasteiger partial charge is 0.226 e. The van der Waals surface area contributed by atoms with E-state index >= 15 is 0 Å². The Morgan fingerprint density at radius 2 is 1.82 bits per heavy atom. The summed E-state index contributed by atoms with van der Waals surface area (Å²) in [5.74, 6) is 2.00. The van der Waals surface area contributed by atoms with Gasteiger partial charge in [0.15, 0.2) is 0 Å². The number of hydrogen-bond donors (Lipinski definition) is 0. The van der Waals surface area contributed by atoms with Crippen LogP contribution in [0.25, 0.3) is 0 Å².